The van der Waals surface area contributed by atoms with E-state index >= 15 is 0 Å². The van der Waals surface area contributed by atoms with Crippen molar-refractivity contribution in [2.24, 2.45) is 11.8 Å². The lowest BCUT2D eigenvalue weighted by Crippen LogP contribution is -2.53. The molecule has 4 unspecified atom stereocenters. The summed E-state index contributed by atoms with van der Waals surface area (Å²) in [5, 5.41) is 3.88. The van der Waals surface area contributed by atoms with Crippen LogP contribution in [-0.2, 0) is 0 Å². The van der Waals surface area contributed by atoms with E-state index in [0.29, 0.717) is 11.4 Å². The van der Waals surface area contributed by atoms with Crippen LogP contribution in [-0.4, -0.2) is 35.5 Å². The van der Waals surface area contributed by atoms with Crippen LogP contribution in [0.2, 0.25) is 0 Å². The number of likely N-dealkylation sites (tertiary alicyclic amines) is 1. The number of rotatable bonds is 2. The van der Waals surface area contributed by atoms with Gasteiger partial charge in [-0.15, -0.1) is 11.6 Å². The van der Waals surface area contributed by atoms with Crippen molar-refractivity contribution >= 4 is 23.0 Å². The molecule has 2 heterocycles. The van der Waals surface area contributed by atoms with Crippen LogP contribution in [0.15, 0.2) is 24.3 Å². The van der Waals surface area contributed by atoms with Gasteiger partial charge in [0.2, 0.25) is 0 Å². The number of halogens is 1. The molecule has 4 aliphatic rings. The molecule has 1 aromatic carbocycles. The Kier molecular flexibility index (Phi) is 4.78. The molecule has 0 spiro atoms. The van der Waals surface area contributed by atoms with Gasteiger partial charge in [0.05, 0.1) is 11.4 Å². The molecule has 2 saturated carbocycles. The number of alkyl halides is 1. The fraction of sp³-hybridized carbons (Fsp3) is 0.682. The lowest BCUT2D eigenvalue weighted by atomic mass is 9.67. The second kappa shape index (κ2) is 7.24. The van der Waals surface area contributed by atoms with Crippen LogP contribution in [0.25, 0.3) is 0 Å². The van der Waals surface area contributed by atoms with Gasteiger partial charge in [-0.2, -0.15) is 0 Å². The Morgan fingerprint density at radius 2 is 1.65 bits per heavy atom. The Morgan fingerprint density at radius 1 is 0.885 bits per heavy atom. The maximum atomic E-state index is 6.72. The summed E-state index contributed by atoms with van der Waals surface area (Å²) in [6.07, 6.45) is 10.7. The summed E-state index contributed by atoms with van der Waals surface area (Å²) < 4.78 is 0. The zero-order valence-corrected chi connectivity index (χ0v) is 16.4. The van der Waals surface area contributed by atoms with Gasteiger partial charge in [0, 0.05) is 30.6 Å². The van der Waals surface area contributed by atoms with E-state index in [-0.39, 0.29) is 0 Å². The van der Waals surface area contributed by atoms with Crippen LogP contribution < -0.4 is 10.2 Å². The van der Waals surface area contributed by atoms with Crippen molar-refractivity contribution in [2.45, 2.75) is 68.8 Å². The molecule has 141 valence electrons. The first-order valence-electron chi connectivity index (χ1n) is 10.7. The quantitative estimate of drug-likeness (QED) is 0.730. The molecule has 0 amide bonds. The summed E-state index contributed by atoms with van der Waals surface area (Å²) in [6.45, 7) is 4.68. The number of nitrogens with zero attached hydrogens (tertiary/aromatic N) is 2. The molecule has 4 atom stereocenters. The first-order valence-corrected chi connectivity index (χ1v) is 11.1. The number of hydrogen-bond donors (Lipinski definition) is 1. The van der Waals surface area contributed by atoms with E-state index in [1.54, 1.807) is 0 Å². The number of hydrogen-bond acceptors (Lipinski definition) is 3. The van der Waals surface area contributed by atoms with Gasteiger partial charge in [-0.25, -0.2) is 0 Å². The molecule has 3 fully saturated rings. The lowest BCUT2D eigenvalue weighted by Gasteiger charge is -2.50. The van der Waals surface area contributed by atoms with Crippen molar-refractivity contribution in [2.75, 3.05) is 23.3 Å². The summed E-state index contributed by atoms with van der Waals surface area (Å²) >= 11 is 6.72. The molecule has 5 rings (SSSR count). The number of nitrogens with one attached hydrogen (secondary N) is 1. The average molecular weight is 373 g/mol. The van der Waals surface area contributed by atoms with Crippen molar-refractivity contribution in [1.29, 1.82) is 0 Å². The zero-order chi connectivity index (χ0) is 17.5. The number of para-hydroxylation sites is 2. The Hall–Kier alpha value is -0.930. The highest BCUT2D eigenvalue weighted by Gasteiger charge is 2.42. The van der Waals surface area contributed by atoms with Crippen molar-refractivity contribution in [3.05, 3.63) is 30.9 Å². The minimum atomic E-state index is 0.441. The maximum absolute atomic E-state index is 6.72. The van der Waals surface area contributed by atoms with Crippen molar-refractivity contribution in [1.82, 2.24) is 4.90 Å². The van der Waals surface area contributed by atoms with Crippen LogP contribution in [0.4, 0.5) is 11.4 Å². The van der Waals surface area contributed by atoms with Crippen LogP contribution in [0.1, 0.15) is 51.4 Å². The minimum Gasteiger partial charge on any atom is -0.360 e. The summed E-state index contributed by atoms with van der Waals surface area (Å²) in [5.74, 6) is 1.64. The highest BCUT2D eigenvalue weighted by Crippen LogP contribution is 2.45. The lowest BCUT2D eigenvalue weighted by molar-refractivity contribution is 0.0290. The van der Waals surface area contributed by atoms with Crippen LogP contribution in [0.5, 0.6) is 0 Å². The Labute approximate surface area is 163 Å². The van der Waals surface area contributed by atoms with E-state index in [2.05, 4.69) is 46.1 Å². The number of piperidine rings is 1. The van der Waals surface area contributed by atoms with E-state index in [1.165, 1.54) is 75.8 Å². The summed E-state index contributed by atoms with van der Waals surface area (Å²) in [7, 11) is 0. The van der Waals surface area contributed by atoms with Gasteiger partial charge in [-0.1, -0.05) is 25.0 Å². The molecule has 1 aromatic rings. The molecule has 1 radical (unpaired) electrons. The van der Waals surface area contributed by atoms with Crippen molar-refractivity contribution in [3.63, 3.8) is 0 Å². The first-order chi connectivity index (χ1) is 12.8. The van der Waals surface area contributed by atoms with Crippen molar-refractivity contribution < 1.29 is 0 Å². The average Bonchev–Trinajstić information content (AvgIpc) is 3.12. The van der Waals surface area contributed by atoms with E-state index in [9.17, 15) is 0 Å². The van der Waals surface area contributed by atoms with Gasteiger partial charge in [-0.05, 0) is 62.5 Å². The van der Waals surface area contributed by atoms with Crippen LogP contribution in [0.3, 0.4) is 0 Å². The molecular weight excluding hydrogens is 342 g/mol. The highest BCUT2D eigenvalue weighted by atomic mass is 35.5. The molecule has 2 aliphatic carbocycles. The molecule has 4 heteroatoms. The summed E-state index contributed by atoms with van der Waals surface area (Å²) in [5.41, 5.74) is 2.60. The van der Waals surface area contributed by atoms with E-state index < -0.39 is 0 Å². The highest BCUT2D eigenvalue weighted by molar-refractivity contribution is 6.20. The molecule has 3 nitrogen and oxygen atoms in total. The monoisotopic (exact) mass is 372 g/mol. The van der Waals surface area contributed by atoms with Crippen molar-refractivity contribution in [3.8, 4) is 0 Å². The molecule has 2 aliphatic heterocycles. The summed E-state index contributed by atoms with van der Waals surface area (Å²) in [4.78, 5) is 5.31. The minimum absolute atomic E-state index is 0.441. The van der Waals surface area contributed by atoms with Gasteiger partial charge < -0.3 is 10.2 Å². The standard InChI is InChI=1S/C22H31ClN3/c23-19-7-3-6-18-17(19)5-4-10-21(18)25-13-11-16(12-14-25)26-15-24-20-8-1-2-9-22(20)26/h1-2,8-9,15-19,21,24H,3-7,10-14H2. The summed E-state index contributed by atoms with van der Waals surface area (Å²) in [6, 6.07) is 10.1. The molecule has 1 N–H and O–H groups in total. The predicted molar refractivity (Wildman–Crippen MR) is 110 cm³/mol. The smallest absolute Gasteiger partial charge is 0.139 e. The van der Waals surface area contributed by atoms with E-state index in [0.717, 1.165) is 17.9 Å². The van der Waals surface area contributed by atoms with E-state index in [4.69, 9.17) is 11.6 Å². The third-order valence-corrected chi connectivity index (χ3v) is 8.01. The molecule has 0 bridgehead atoms. The van der Waals surface area contributed by atoms with Crippen LogP contribution in [0, 0.1) is 18.5 Å². The second-order valence-corrected chi connectivity index (χ2v) is 9.30. The number of anilines is 2. The molecular formula is C22H31ClN3. The fourth-order valence-electron chi connectivity index (χ4n) is 6.17. The zero-order valence-electron chi connectivity index (χ0n) is 15.6. The van der Waals surface area contributed by atoms with E-state index in [1.807, 2.05) is 0 Å². The van der Waals surface area contributed by atoms with Gasteiger partial charge >= 0.3 is 0 Å². The first kappa shape index (κ1) is 17.2. The van der Waals surface area contributed by atoms with Gasteiger partial charge in [-0.3, -0.25) is 4.90 Å². The predicted octanol–water partition coefficient (Wildman–Crippen LogP) is 5.08. The Balaban J connectivity index is 1.23. The Morgan fingerprint density at radius 3 is 2.54 bits per heavy atom. The van der Waals surface area contributed by atoms with Gasteiger partial charge in [0.15, 0.2) is 0 Å². The van der Waals surface area contributed by atoms with Gasteiger partial charge in [0.25, 0.3) is 0 Å². The fourth-order valence-corrected chi connectivity index (χ4v) is 6.64. The third-order valence-electron chi connectivity index (χ3n) is 7.47. The topological polar surface area (TPSA) is 18.5 Å². The largest absolute Gasteiger partial charge is 0.360 e. The maximum Gasteiger partial charge on any atom is 0.139 e. The molecule has 0 aromatic heterocycles. The normalized spacial score (nSPS) is 35.7. The molecule has 26 heavy (non-hydrogen) atoms. The third kappa shape index (κ3) is 3.01. The molecule has 1 saturated heterocycles. The Bertz CT molecular complexity index is 628. The SMILES string of the molecule is ClC1CCCC2C1CCCC2N1CCC(N2[CH]Nc3ccccc32)CC1. The number of fused-ring (bicyclic) bond motifs is 2. The van der Waals surface area contributed by atoms with Crippen LogP contribution >= 0.6 is 11.6 Å². The second-order valence-electron chi connectivity index (χ2n) is 8.74. The number of benzene rings is 1. The van der Waals surface area contributed by atoms with Gasteiger partial charge in [0.1, 0.15) is 6.67 Å².